The first-order valence-electron chi connectivity index (χ1n) is 8.38. The van der Waals surface area contributed by atoms with Gasteiger partial charge in [-0.05, 0) is 30.0 Å². The lowest BCUT2D eigenvalue weighted by Crippen LogP contribution is -2.34. The van der Waals surface area contributed by atoms with Crippen LogP contribution >= 0.6 is 0 Å². The van der Waals surface area contributed by atoms with Crippen LogP contribution in [0.4, 0.5) is 0 Å². The third-order valence-electron chi connectivity index (χ3n) is 5.17. The largest absolute Gasteiger partial charge is 0.481 e. The summed E-state index contributed by atoms with van der Waals surface area (Å²) in [5, 5.41) is 18.9. The van der Waals surface area contributed by atoms with Crippen molar-refractivity contribution >= 4 is 11.9 Å². The van der Waals surface area contributed by atoms with Crippen molar-refractivity contribution in [2.45, 2.75) is 32.1 Å². The zero-order valence-electron chi connectivity index (χ0n) is 14.3. The Labute approximate surface area is 146 Å². The summed E-state index contributed by atoms with van der Waals surface area (Å²) in [6.07, 6.45) is 2.40. The highest BCUT2D eigenvalue weighted by molar-refractivity contribution is 5.80. The predicted octanol–water partition coefficient (Wildman–Crippen LogP) is 3.57. The molecule has 2 aromatic rings. The quantitative estimate of drug-likeness (QED) is 0.840. The molecule has 0 bridgehead atoms. The minimum atomic E-state index is -0.878. The molecule has 2 N–H and O–H groups in total. The number of aromatic nitrogens is 1. The highest BCUT2D eigenvalue weighted by Crippen LogP contribution is 2.54. The molecule has 1 heterocycles. The second-order valence-electron chi connectivity index (χ2n) is 6.91. The summed E-state index contributed by atoms with van der Waals surface area (Å²) >= 11 is 0. The molecule has 0 radical (unpaired) electrons. The first-order chi connectivity index (χ1) is 11.9. The van der Waals surface area contributed by atoms with E-state index in [0.29, 0.717) is 12.8 Å². The van der Waals surface area contributed by atoms with Gasteiger partial charge in [-0.3, -0.25) is 14.6 Å². The van der Waals surface area contributed by atoms with E-state index in [-0.39, 0.29) is 0 Å². The Morgan fingerprint density at radius 2 is 1.52 bits per heavy atom. The van der Waals surface area contributed by atoms with Crippen molar-refractivity contribution in [2.75, 3.05) is 0 Å². The minimum absolute atomic E-state index is 0.343. The van der Waals surface area contributed by atoms with E-state index in [9.17, 15) is 19.8 Å². The number of carboxylic acid groups (broad SMARTS) is 2. The van der Waals surface area contributed by atoms with Crippen molar-refractivity contribution in [1.82, 2.24) is 4.98 Å². The molecule has 2 unspecified atom stereocenters. The van der Waals surface area contributed by atoms with Crippen LogP contribution in [0.1, 0.15) is 37.8 Å². The molecule has 3 rings (SSSR count). The van der Waals surface area contributed by atoms with Gasteiger partial charge in [0.15, 0.2) is 0 Å². The van der Waals surface area contributed by atoms with Gasteiger partial charge in [-0.2, -0.15) is 0 Å². The fraction of sp³-hybridized carbons (Fsp3) is 0.350. The average molecular weight is 339 g/mol. The van der Waals surface area contributed by atoms with Gasteiger partial charge in [0, 0.05) is 17.2 Å². The van der Waals surface area contributed by atoms with Crippen LogP contribution in [0.15, 0.2) is 42.6 Å². The minimum Gasteiger partial charge on any atom is -0.481 e. The smallest absolute Gasteiger partial charge is 0.306 e. The van der Waals surface area contributed by atoms with Gasteiger partial charge in [-0.25, -0.2) is 0 Å². The Hall–Kier alpha value is -2.69. The van der Waals surface area contributed by atoms with Gasteiger partial charge in [0.2, 0.25) is 0 Å². The van der Waals surface area contributed by atoms with Gasteiger partial charge < -0.3 is 10.2 Å². The van der Waals surface area contributed by atoms with Crippen LogP contribution in [0.25, 0.3) is 11.3 Å². The van der Waals surface area contributed by atoms with Crippen molar-refractivity contribution < 1.29 is 19.8 Å². The van der Waals surface area contributed by atoms with E-state index in [1.54, 1.807) is 20.0 Å². The van der Waals surface area contributed by atoms with E-state index in [1.165, 1.54) is 0 Å². The van der Waals surface area contributed by atoms with Crippen molar-refractivity contribution in [3.05, 3.63) is 53.7 Å². The number of rotatable bonds is 6. The molecule has 1 aromatic heterocycles. The lowest BCUT2D eigenvalue weighted by atomic mass is 9.67. The fourth-order valence-corrected chi connectivity index (χ4v) is 4.00. The molecule has 0 spiro atoms. The molecule has 25 heavy (non-hydrogen) atoms. The van der Waals surface area contributed by atoms with Crippen molar-refractivity contribution in [1.29, 1.82) is 0 Å². The zero-order valence-corrected chi connectivity index (χ0v) is 14.3. The number of nitrogens with zero attached hydrogens (tertiary/aromatic N) is 1. The number of pyridine rings is 1. The van der Waals surface area contributed by atoms with Crippen LogP contribution in [0.2, 0.25) is 0 Å². The summed E-state index contributed by atoms with van der Waals surface area (Å²) in [4.78, 5) is 27.6. The van der Waals surface area contributed by atoms with Crippen LogP contribution in [0.3, 0.4) is 0 Å². The maximum Gasteiger partial charge on any atom is 0.306 e. The molecule has 0 saturated carbocycles. The Morgan fingerprint density at radius 1 is 0.960 bits per heavy atom. The van der Waals surface area contributed by atoms with Gasteiger partial charge in [0.1, 0.15) is 0 Å². The van der Waals surface area contributed by atoms with Gasteiger partial charge in [0.25, 0.3) is 0 Å². The highest BCUT2D eigenvalue weighted by Gasteiger charge is 2.46. The molecule has 5 nitrogen and oxygen atoms in total. The maximum atomic E-state index is 11.5. The van der Waals surface area contributed by atoms with Crippen LogP contribution in [-0.2, 0) is 15.0 Å². The number of carboxylic acids is 2. The first kappa shape index (κ1) is 17.1. The SMILES string of the molecule is CC(CC1(CC(C)C(=O)O)c2ccccc2-c2ncccc21)C(=O)O. The number of benzene rings is 1. The number of carbonyl (C=O) groups is 2. The Kier molecular flexibility index (Phi) is 4.33. The molecule has 0 aliphatic heterocycles. The lowest BCUT2D eigenvalue weighted by Gasteiger charge is -2.35. The third kappa shape index (κ3) is 2.80. The molecule has 0 fully saturated rings. The molecule has 2 atom stereocenters. The van der Waals surface area contributed by atoms with E-state index >= 15 is 0 Å². The summed E-state index contributed by atoms with van der Waals surface area (Å²) < 4.78 is 0. The normalized spacial score (nSPS) is 20.4. The lowest BCUT2D eigenvalue weighted by molar-refractivity contribution is -0.142. The van der Waals surface area contributed by atoms with Gasteiger partial charge in [0.05, 0.1) is 17.5 Å². The molecule has 1 aromatic carbocycles. The fourth-order valence-electron chi connectivity index (χ4n) is 4.00. The molecule has 5 heteroatoms. The number of aliphatic carboxylic acids is 2. The standard InChI is InChI=1S/C20H21NO4/c1-12(18(22)23)10-20(11-13(2)19(24)25)15-7-4-3-6-14(15)17-16(20)8-5-9-21-17/h3-9,12-13H,10-11H2,1-2H3,(H,22,23)(H,24,25). The van der Waals surface area contributed by atoms with Crippen molar-refractivity contribution in [2.24, 2.45) is 11.8 Å². The molecule has 0 saturated heterocycles. The predicted molar refractivity (Wildman–Crippen MR) is 93.3 cm³/mol. The summed E-state index contributed by atoms with van der Waals surface area (Å²) in [5.41, 5.74) is 3.04. The van der Waals surface area contributed by atoms with Crippen LogP contribution in [0.5, 0.6) is 0 Å². The van der Waals surface area contributed by atoms with E-state index in [0.717, 1.165) is 22.4 Å². The van der Waals surface area contributed by atoms with Crippen molar-refractivity contribution in [3.8, 4) is 11.3 Å². The number of fused-ring (bicyclic) bond motifs is 3. The second-order valence-corrected chi connectivity index (χ2v) is 6.91. The maximum absolute atomic E-state index is 11.5. The second kappa shape index (κ2) is 6.31. The molecular formula is C20H21NO4. The Balaban J connectivity index is 2.22. The highest BCUT2D eigenvalue weighted by atomic mass is 16.4. The van der Waals surface area contributed by atoms with Gasteiger partial charge in [-0.1, -0.05) is 44.2 Å². The zero-order chi connectivity index (χ0) is 18.2. The summed E-state index contributed by atoms with van der Waals surface area (Å²) in [6.45, 7) is 3.35. The van der Waals surface area contributed by atoms with E-state index in [2.05, 4.69) is 4.98 Å². The molecule has 1 aliphatic carbocycles. The van der Waals surface area contributed by atoms with Crippen LogP contribution in [0, 0.1) is 11.8 Å². The Bertz CT molecular complexity index is 760. The van der Waals surface area contributed by atoms with Gasteiger partial charge >= 0.3 is 11.9 Å². The number of hydrogen-bond acceptors (Lipinski definition) is 3. The topological polar surface area (TPSA) is 87.5 Å². The first-order valence-corrected chi connectivity index (χ1v) is 8.38. The monoisotopic (exact) mass is 339 g/mol. The average Bonchev–Trinajstić information content (AvgIpc) is 2.86. The Morgan fingerprint density at radius 3 is 2.12 bits per heavy atom. The van der Waals surface area contributed by atoms with Crippen molar-refractivity contribution in [3.63, 3.8) is 0 Å². The molecular weight excluding hydrogens is 318 g/mol. The molecule has 1 aliphatic rings. The molecule has 130 valence electrons. The van der Waals surface area contributed by atoms with Gasteiger partial charge in [-0.15, -0.1) is 0 Å². The van der Waals surface area contributed by atoms with Crippen LogP contribution in [-0.4, -0.2) is 27.1 Å². The summed E-state index contributed by atoms with van der Waals surface area (Å²) in [6, 6.07) is 11.6. The van der Waals surface area contributed by atoms with E-state index in [1.807, 2.05) is 36.4 Å². The van der Waals surface area contributed by atoms with Crippen LogP contribution < -0.4 is 0 Å². The molecule has 0 amide bonds. The van der Waals surface area contributed by atoms with E-state index in [4.69, 9.17) is 0 Å². The summed E-state index contributed by atoms with van der Waals surface area (Å²) in [5.74, 6) is -2.95. The summed E-state index contributed by atoms with van der Waals surface area (Å²) in [7, 11) is 0. The third-order valence-corrected chi connectivity index (χ3v) is 5.17. The number of hydrogen-bond donors (Lipinski definition) is 2. The van der Waals surface area contributed by atoms with E-state index < -0.39 is 29.2 Å².